The first kappa shape index (κ1) is 18.5. The van der Waals surface area contributed by atoms with Gasteiger partial charge in [0.25, 0.3) is 10.0 Å². The molecule has 0 radical (unpaired) electrons. The second-order valence-electron chi connectivity index (χ2n) is 5.59. The lowest BCUT2D eigenvalue weighted by Crippen LogP contribution is -2.25. The Balaban J connectivity index is 1.86. The summed E-state index contributed by atoms with van der Waals surface area (Å²) in [7, 11) is -7.04. The Hall–Kier alpha value is -1.29. The first-order valence-corrected chi connectivity index (χ1v) is 11.9. The summed E-state index contributed by atoms with van der Waals surface area (Å²) in [4.78, 5) is 0.973. The highest BCUT2D eigenvalue weighted by molar-refractivity contribution is 7.94. The number of nitrogens with zero attached hydrogens (tertiary/aromatic N) is 1. The monoisotopic (exact) mass is 420 g/mol. The largest absolute Gasteiger partial charge is 0.277 e. The van der Waals surface area contributed by atoms with Crippen LogP contribution in [0.2, 0.25) is 5.02 Å². The minimum absolute atomic E-state index is 0.108. The predicted molar refractivity (Wildman–Crippen MR) is 102 cm³/mol. The standard InChI is InChI=1S/C15H17ClN2O4S3/c1-2-12-5-7-15(23-12)25(21,22)17-14-6-4-11(10-13(14)16)18-8-3-9-24(18,19)20/h4-7,10,17H,2-3,8-9H2,1H3. The van der Waals surface area contributed by atoms with Crippen molar-refractivity contribution in [2.24, 2.45) is 0 Å². The predicted octanol–water partition coefficient (Wildman–Crippen LogP) is 3.30. The smallest absolute Gasteiger partial charge is 0.271 e. The number of hydrogen-bond donors (Lipinski definition) is 1. The molecule has 0 atom stereocenters. The van der Waals surface area contributed by atoms with Crippen molar-refractivity contribution in [3.8, 4) is 0 Å². The van der Waals surface area contributed by atoms with E-state index in [1.165, 1.54) is 27.8 Å². The van der Waals surface area contributed by atoms with Crippen LogP contribution in [0.4, 0.5) is 11.4 Å². The molecule has 0 unspecified atom stereocenters. The molecule has 3 rings (SSSR count). The van der Waals surface area contributed by atoms with Crippen LogP contribution in [-0.4, -0.2) is 29.1 Å². The molecule has 10 heteroatoms. The highest BCUT2D eigenvalue weighted by Gasteiger charge is 2.29. The molecule has 1 aromatic carbocycles. The van der Waals surface area contributed by atoms with E-state index >= 15 is 0 Å². The van der Waals surface area contributed by atoms with Crippen molar-refractivity contribution in [1.29, 1.82) is 0 Å². The van der Waals surface area contributed by atoms with Crippen molar-refractivity contribution in [2.45, 2.75) is 24.0 Å². The summed E-state index contributed by atoms with van der Waals surface area (Å²) >= 11 is 7.39. The molecular weight excluding hydrogens is 404 g/mol. The van der Waals surface area contributed by atoms with Gasteiger partial charge in [0, 0.05) is 11.4 Å². The highest BCUT2D eigenvalue weighted by Crippen LogP contribution is 2.33. The summed E-state index contributed by atoms with van der Waals surface area (Å²) in [6.07, 6.45) is 1.33. The van der Waals surface area contributed by atoms with Gasteiger partial charge in [0.05, 0.1) is 22.2 Å². The van der Waals surface area contributed by atoms with Crippen LogP contribution in [0.15, 0.2) is 34.5 Å². The van der Waals surface area contributed by atoms with E-state index in [4.69, 9.17) is 11.6 Å². The van der Waals surface area contributed by atoms with Gasteiger partial charge < -0.3 is 0 Å². The summed E-state index contributed by atoms with van der Waals surface area (Å²) in [6.45, 7) is 2.36. The van der Waals surface area contributed by atoms with Crippen LogP contribution in [0.3, 0.4) is 0 Å². The second-order valence-corrected chi connectivity index (χ2v) is 11.1. The van der Waals surface area contributed by atoms with Crippen LogP contribution in [-0.2, 0) is 26.5 Å². The Morgan fingerprint density at radius 3 is 2.60 bits per heavy atom. The molecule has 1 aromatic heterocycles. The van der Waals surface area contributed by atoms with Crippen molar-refractivity contribution >= 4 is 54.4 Å². The lowest BCUT2D eigenvalue weighted by molar-refractivity contribution is 0.598. The highest BCUT2D eigenvalue weighted by atomic mass is 35.5. The van der Waals surface area contributed by atoms with Gasteiger partial charge in [0.2, 0.25) is 10.0 Å². The zero-order valence-corrected chi connectivity index (χ0v) is 16.6. The van der Waals surface area contributed by atoms with Crippen molar-refractivity contribution in [3.63, 3.8) is 0 Å². The maximum Gasteiger partial charge on any atom is 0.271 e. The first-order valence-electron chi connectivity index (χ1n) is 7.64. The van der Waals surface area contributed by atoms with Gasteiger partial charge in [-0.15, -0.1) is 11.3 Å². The number of thiophene rings is 1. The van der Waals surface area contributed by atoms with E-state index in [1.807, 2.05) is 6.92 Å². The van der Waals surface area contributed by atoms with Gasteiger partial charge in [0.1, 0.15) is 4.21 Å². The SMILES string of the molecule is CCc1ccc(S(=O)(=O)Nc2ccc(N3CCCS3(=O)=O)cc2Cl)s1. The number of nitrogens with one attached hydrogen (secondary N) is 1. The molecule has 6 nitrogen and oxygen atoms in total. The summed E-state index contributed by atoms with van der Waals surface area (Å²) in [5, 5.41) is 0.149. The van der Waals surface area contributed by atoms with Gasteiger partial charge in [0.15, 0.2) is 0 Å². The summed E-state index contributed by atoms with van der Waals surface area (Å²) < 4.78 is 52.8. The second kappa shape index (κ2) is 6.79. The van der Waals surface area contributed by atoms with E-state index in [2.05, 4.69) is 4.72 Å². The molecular formula is C15H17ClN2O4S3. The molecule has 1 N–H and O–H groups in total. The fourth-order valence-corrected chi connectivity index (χ4v) is 6.77. The average Bonchev–Trinajstić information content (AvgIpc) is 3.15. The quantitative estimate of drug-likeness (QED) is 0.804. The van der Waals surface area contributed by atoms with E-state index in [-0.39, 0.29) is 20.7 Å². The van der Waals surface area contributed by atoms with Crippen LogP contribution in [0.25, 0.3) is 0 Å². The number of benzene rings is 1. The molecule has 1 saturated heterocycles. The number of anilines is 2. The molecule has 0 amide bonds. The normalized spacial score (nSPS) is 17.0. The zero-order valence-electron chi connectivity index (χ0n) is 13.4. The third kappa shape index (κ3) is 3.79. The van der Waals surface area contributed by atoms with Gasteiger partial charge in [-0.1, -0.05) is 18.5 Å². The molecule has 2 heterocycles. The van der Waals surface area contributed by atoms with Gasteiger partial charge >= 0.3 is 0 Å². The maximum absolute atomic E-state index is 12.5. The van der Waals surface area contributed by atoms with E-state index in [1.54, 1.807) is 18.2 Å². The number of aryl methyl sites for hydroxylation is 1. The molecule has 0 saturated carbocycles. The van der Waals surface area contributed by atoms with Crippen LogP contribution in [0, 0.1) is 0 Å². The van der Waals surface area contributed by atoms with Crippen molar-refractivity contribution in [1.82, 2.24) is 0 Å². The molecule has 0 spiro atoms. The van der Waals surface area contributed by atoms with Gasteiger partial charge in [-0.3, -0.25) is 9.03 Å². The molecule has 1 aliphatic rings. The Morgan fingerprint density at radius 2 is 2.04 bits per heavy atom. The lowest BCUT2D eigenvalue weighted by Gasteiger charge is -2.18. The van der Waals surface area contributed by atoms with E-state index in [0.29, 0.717) is 18.7 Å². The molecule has 136 valence electrons. The van der Waals surface area contributed by atoms with Crippen molar-refractivity contribution in [2.75, 3.05) is 21.3 Å². The lowest BCUT2D eigenvalue weighted by atomic mass is 10.3. The maximum atomic E-state index is 12.5. The third-order valence-corrected chi connectivity index (χ3v) is 9.10. The Bertz CT molecular complexity index is 1000. The molecule has 25 heavy (non-hydrogen) atoms. The minimum Gasteiger partial charge on any atom is -0.277 e. The molecule has 1 aliphatic heterocycles. The van der Waals surface area contributed by atoms with Crippen molar-refractivity contribution < 1.29 is 16.8 Å². The first-order chi connectivity index (χ1) is 11.7. The van der Waals surface area contributed by atoms with E-state index in [9.17, 15) is 16.8 Å². The fourth-order valence-electron chi connectivity index (χ4n) is 2.56. The van der Waals surface area contributed by atoms with Crippen LogP contribution in [0.5, 0.6) is 0 Å². The molecule has 0 aliphatic carbocycles. The third-order valence-electron chi connectivity index (χ3n) is 3.83. The Kier molecular flexibility index (Phi) is 5.02. The van der Waals surface area contributed by atoms with E-state index < -0.39 is 20.0 Å². The van der Waals surface area contributed by atoms with Crippen LogP contribution < -0.4 is 9.03 Å². The van der Waals surface area contributed by atoms with Crippen LogP contribution in [0.1, 0.15) is 18.2 Å². The summed E-state index contributed by atoms with van der Waals surface area (Å²) in [6, 6.07) is 7.84. The van der Waals surface area contributed by atoms with Gasteiger partial charge in [-0.25, -0.2) is 16.8 Å². The number of rotatable bonds is 5. The average molecular weight is 421 g/mol. The summed E-state index contributed by atoms with van der Waals surface area (Å²) in [5.74, 6) is 0.108. The molecule has 2 aromatic rings. The molecule has 0 bridgehead atoms. The fraction of sp³-hybridized carbons (Fsp3) is 0.333. The molecule has 1 fully saturated rings. The van der Waals surface area contributed by atoms with Gasteiger partial charge in [-0.2, -0.15) is 0 Å². The van der Waals surface area contributed by atoms with Gasteiger partial charge in [-0.05, 0) is 43.2 Å². The number of sulfonamides is 2. The minimum atomic E-state index is -3.73. The topological polar surface area (TPSA) is 83.6 Å². The van der Waals surface area contributed by atoms with Crippen LogP contribution >= 0.6 is 22.9 Å². The van der Waals surface area contributed by atoms with E-state index in [0.717, 1.165) is 11.3 Å². The van der Waals surface area contributed by atoms with Crippen molar-refractivity contribution in [3.05, 3.63) is 40.2 Å². The zero-order chi connectivity index (χ0) is 18.2. The Morgan fingerprint density at radius 1 is 1.28 bits per heavy atom. The number of hydrogen-bond acceptors (Lipinski definition) is 5. The Labute approximate surface area is 156 Å². The number of halogens is 1. The summed E-state index contributed by atoms with van der Waals surface area (Å²) in [5.41, 5.74) is 0.656.